The Kier molecular flexibility index (Phi) is 5.59. The maximum atomic E-state index is 12.6. The first-order valence-corrected chi connectivity index (χ1v) is 10.1. The van der Waals surface area contributed by atoms with Gasteiger partial charge in [0.25, 0.3) is 5.56 Å². The number of rotatable bonds is 6. The highest BCUT2D eigenvalue weighted by Crippen LogP contribution is 2.24. The summed E-state index contributed by atoms with van der Waals surface area (Å²) < 4.78 is 7.71. The average molecular weight is 445 g/mol. The van der Waals surface area contributed by atoms with Gasteiger partial charge in [-0.3, -0.25) is 19.1 Å². The SMILES string of the molecule is O=C(Cn1cnc2ccc(Br)cc2c1=O)NCC(c1ccco1)N1CCCC1. The Morgan fingerprint density at radius 2 is 2.11 bits per heavy atom. The van der Waals surface area contributed by atoms with Gasteiger partial charge in [-0.05, 0) is 56.3 Å². The number of carbonyl (C=O) groups excluding carboxylic acids is 1. The van der Waals surface area contributed by atoms with Gasteiger partial charge in [0.2, 0.25) is 5.91 Å². The third kappa shape index (κ3) is 4.02. The van der Waals surface area contributed by atoms with Gasteiger partial charge >= 0.3 is 0 Å². The molecule has 1 aliphatic rings. The molecule has 1 amide bonds. The van der Waals surface area contributed by atoms with Gasteiger partial charge in [-0.15, -0.1) is 0 Å². The number of nitrogens with zero attached hydrogens (tertiary/aromatic N) is 3. The van der Waals surface area contributed by atoms with E-state index in [0.29, 0.717) is 17.4 Å². The van der Waals surface area contributed by atoms with Crippen LogP contribution in [0.2, 0.25) is 0 Å². The van der Waals surface area contributed by atoms with Crippen molar-refractivity contribution in [1.29, 1.82) is 0 Å². The zero-order valence-electron chi connectivity index (χ0n) is 15.3. The number of likely N-dealkylation sites (tertiary alicyclic amines) is 1. The normalized spacial score (nSPS) is 15.8. The largest absolute Gasteiger partial charge is 0.468 e. The van der Waals surface area contributed by atoms with Crippen molar-refractivity contribution in [1.82, 2.24) is 19.8 Å². The van der Waals surface area contributed by atoms with Gasteiger partial charge in [0.1, 0.15) is 12.3 Å². The van der Waals surface area contributed by atoms with Crippen LogP contribution in [0.25, 0.3) is 10.9 Å². The van der Waals surface area contributed by atoms with Crippen LogP contribution in [-0.4, -0.2) is 40.0 Å². The molecule has 1 unspecified atom stereocenters. The van der Waals surface area contributed by atoms with Crippen LogP contribution in [0.3, 0.4) is 0 Å². The maximum absolute atomic E-state index is 12.6. The molecule has 1 fully saturated rings. The summed E-state index contributed by atoms with van der Waals surface area (Å²) >= 11 is 3.37. The van der Waals surface area contributed by atoms with Crippen molar-refractivity contribution in [3.8, 4) is 0 Å². The van der Waals surface area contributed by atoms with Gasteiger partial charge in [0, 0.05) is 11.0 Å². The van der Waals surface area contributed by atoms with Crippen LogP contribution in [0.15, 0.2) is 56.6 Å². The van der Waals surface area contributed by atoms with E-state index in [0.717, 1.165) is 36.2 Å². The van der Waals surface area contributed by atoms with Crippen LogP contribution in [0.1, 0.15) is 24.6 Å². The lowest BCUT2D eigenvalue weighted by atomic mass is 10.2. The summed E-state index contributed by atoms with van der Waals surface area (Å²) in [6.07, 6.45) is 5.37. The molecule has 0 bridgehead atoms. The molecule has 0 spiro atoms. The van der Waals surface area contributed by atoms with Crippen LogP contribution in [-0.2, 0) is 11.3 Å². The minimum Gasteiger partial charge on any atom is -0.468 e. The van der Waals surface area contributed by atoms with E-state index in [1.165, 1.54) is 10.9 Å². The second kappa shape index (κ2) is 8.28. The molecule has 2 aromatic heterocycles. The van der Waals surface area contributed by atoms with Gasteiger partial charge in [-0.25, -0.2) is 4.98 Å². The molecule has 7 nitrogen and oxygen atoms in total. The number of aromatic nitrogens is 2. The molecular weight excluding hydrogens is 424 g/mol. The highest BCUT2D eigenvalue weighted by Gasteiger charge is 2.26. The van der Waals surface area contributed by atoms with Crippen molar-refractivity contribution in [2.75, 3.05) is 19.6 Å². The average Bonchev–Trinajstić information content (AvgIpc) is 3.39. The van der Waals surface area contributed by atoms with E-state index in [1.54, 1.807) is 18.4 Å². The fourth-order valence-corrected chi connectivity index (χ4v) is 3.97. The summed E-state index contributed by atoms with van der Waals surface area (Å²) in [5, 5.41) is 3.43. The summed E-state index contributed by atoms with van der Waals surface area (Å²) in [7, 11) is 0. The number of benzene rings is 1. The van der Waals surface area contributed by atoms with Crippen molar-refractivity contribution in [2.24, 2.45) is 0 Å². The molecule has 8 heteroatoms. The van der Waals surface area contributed by atoms with Crippen LogP contribution < -0.4 is 10.9 Å². The minimum absolute atomic E-state index is 0.00357. The number of furan rings is 1. The van der Waals surface area contributed by atoms with E-state index in [4.69, 9.17) is 4.42 Å². The molecule has 3 aromatic rings. The molecule has 3 heterocycles. The van der Waals surface area contributed by atoms with Gasteiger partial charge in [-0.1, -0.05) is 15.9 Å². The van der Waals surface area contributed by atoms with E-state index in [1.807, 2.05) is 18.2 Å². The van der Waals surface area contributed by atoms with Crippen molar-refractivity contribution in [3.63, 3.8) is 0 Å². The molecule has 1 aliphatic heterocycles. The number of hydrogen-bond donors (Lipinski definition) is 1. The Bertz CT molecular complexity index is 1030. The molecule has 1 aromatic carbocycles. The molecule has 0 radical (unpaired) electrons. The maximum Gasteiger partial charge on any atom is 0.261 e. The smallest absolute Gasteiger partial charge is 0.261 e. The van der Waals surface area contributed by atoms with E-state index >= 15 is 0 Å². The molecule has 0 saturated carbocycles. The van der Waals surface area contributed by atoms with E-state index in [9.17, 15) is 9.59 Å². The Labute approximate surface area is 170 Å². The summed E-state index contributed by atoms with van der Waals surface area (Å²) in [6, 6.07) is 9.13. The van der Waals surface area contributed by atoms with E-state index in [-0.39, 0.29) is 24.1 Å². The third-order valence-corrected chi connectivity index (χ3v) is 5.54. The zero-order valence-corrected chi connectivity index (χ0v) is 16.9. The Balaban J connectivity index is 1.46. The zero-order chi connectivity index (χ0) is 19.5. The van der Waals surface area contributed by atoms with Crippen LogP contribution in [0, 0.1) is 0 Å². The highest BCUT2D eigenvalue weighted by atomic mass is 79.9. The number of fused-ring (bicyclic) bond motifs is 1. The van der Waals surface area contributed by atoms with Gasteiger partial charge in [0.05, 0.1) is 29.5 Å². The lowest BCUT2D eigenvalue weighted by Crippen LogP contribution is -2.39. The van der Waals surface area contributed by atoms with Crippen molar-refractivity contribution in [3.05, 3.63) is 63.5 Å². The van der Waals surface area contributed by atoms with Crippen LogP contribution >= 0.6 is 15.9 Å². The number of hydrogen-bond acceptors (Lipinski definition) is 5. The minimum atomic E-state index is -0.233. The van der Waals surface area contributed by atoms with Crippen LogP contribution in [0.5, 0.6) is 0 Å². The summed E-state index contributed by atoms with van der Waals surface area (Å²) in [4.78, 5) is 31.7. The first kappa shape index (κ1) is 18.9. The Morgan fingerprint density at radius 1 is 1.29 bits per heavy atom. The second-order valence-electron chi connectivity index (χ2n) is 6.92. The summed E-state index contributed by atoms with van der Waals surface area (Å²) in [5.41, 5.74) is 0.375. The standard InChI is InChI=1S/C20H21BrN4O3/c21-14-5-6-16-15(10-14)20(27)25(13-23-16)12-19(26)22-11-17(18-4-3-9-28-18)24-7-1-2-8-24/h3-6,9-10,13,17H,1-2,7-8,11-12H2,(H,22,26). The van der Waals surface area contributed by atoms with Gasteiger partial charge in [0.15, 0.2) is 0 Å². The van der Waals surface area contributed by atoms with E-state index in [2.05, 4.69) is 31.1 Å². The lowest BCUT2D eigenvalue weighted by Gasteiger charge is -2.26. The fraction of sp³-hybridized carbons (Fsp3) is 0.350. The fourth-order valence-electron chi connectivity index (χ4n) is 3.61. The van der Waals surface area contributed by atoms with Crippen molar-refractivity contribution in [2.45, 2.75) is 25.4 Å². The molecule has 1 atom stereocenters. The molecule has 4 rings (SSSR count). The molecule has 1 N–H and O–H groups in total. The van der Waals surface area contributed by atoms with Crippen LogP contribution in [0.4, 0.5) is 0 Å². The topological polar surface area (TPSA) is 80.4 Å². The molecule has 146 valence electrons. The first-order chi connectivity index (χ1) is 13.6. The van der Waals surface area contributed by atoms with Gasteiger partial charge < -0.3 is 9.73 Å². The summed E-state index contributed by atoms with van der Waals surface area (Å²) in [5.74, 6) is 0.616. The second-order valence-corrected chi connectivity index (χ2v) is 7.83. The van der Waals surface area contributed by atoms with Crippen molar-refractivity contribution >= 4 is 32.7 Å². The number of carbonyl (C=O) groups is 1. The van der Waals surface area contributed by atoms with Gasteiger partial charge in [-0.2, -0.15) is 0 Å². The highest BCUT2D eigenvalue weighted by molar-refractivity contribution is 9.10. The van der Waals surface area contributed by atoms with E-state index < -0.39 is 0 Å². The predicted octanol–water partition coefficient (Wildman–Crippen LogP) is 2.71. The number of nitrogens with one attached hydrogen (secondary N) is 1. The quantitative estimate of drug-likeness (QED) is 0.631. The monoisotopic (exact) mass is 444 g/mol. The molecular formula is C20H21BrN4O3. The molecule has 1 saturated heterocycles. The molecule has 28 heavy (non-hydrogen) atoms. The summed E-state index contributed by atoms with van der Waals surface area (Å²) in [6.45, 7) is 2.35. The predicted molar refractivity (Wildman–Crippen MR) is 109 cm³/mol. The third-order valence-electron chi connectivity index (χ3n) is 5.05. The Morgan fingerprint density at radius 3 is 2.86 bits per heavy atom. The number of halogens is 1. The first-order valence-electron chi connectivity index (χ1n) is 9.30. The molecule has 0 aliphatic carbocycles. The number of amides is 1. The lowest BCUT2D eigenvalue weighted by molar-refractivity contribution is -0.122. The van der Waals surface area contributed by atoms with Crippen molar-refractivity contribution < 1.29 is 9.21 Å². The Hall–Kier alpha value is -2.45.